The highest BCUT2D eigenvalue weighted by molar-refractivity contribution is 7.19. The van der Waals surface area contributed by atoms with Crippen molar-refractivity contribution in [2.45, 2.75) is 12.8 Å². The molecule has 0 bridgehead atoms. The molecule has 0 fully saturated rings. The first-order valence-corrected chi connectivity index (χ1v) is 20.4. The Kier molecular flexibility index (Phi) is 7.19. The Labute approximate surface area is 333 Å². The standard InChI is InChI=1S/C52H34N4S/c1-3-15-33(16-4-1)49-51-50(41-23-9-12-28-47(41)57-51)54-52(53-49)35-18-13-17-34(31-35)38-24-14-27-46-48(38)42-32-37(29-30-45(42)55(46)36-19-5-2-6-20-36)56-43-25-10-7-21-39(43)40-22-8-11-26-44(40)56/h1-11,13-27,29-32H,12,28H2. The molecule has 0 amide bonds. The molecular formula is C52H34N4S. The van der Waals surface area contributed by atoms with E-state index in [2.05, 4.69) is 191 Å². The van der Waals surface area contributed by atoms with Gasteiger partial charge in [0, 0.05) is 54.5 Å². The summed E-state index contributed by atoms with van der Waals surface area (Å²) in [6.45, 7) is 0. The molecule has 0 N–H and O–H groups in total. The average Bonchev–Trinajstić information content (AvgIpc) is 3.94. The maximum atomic E-state index is 5.33. The van der Waals surface area contributed by atoms with E-state index in [0.717, 1.165) is 62.6 Å². The predicted octanol–water partition coefficient (Wildman–Crippen LogP) is 13.8. The van der Waals surface area contributed by atoms with E-state index < -0.39 is 0 Å². The topological polar surface area (TPSA) is 35.6 Å². The molecule has 4 aromatic heterocycles. The molecule has 57 heavy (non-hydrogen) atoms. The van der Waals surface area contributed by atoms with Gasteiger partial charge in [-0.25, -0.2) is 9.97 Å². The molecular weight excluding hydrogens is 713 g/mol. The van der Waals surface area contributed by atoms with Crippen LogP contribution in [0.2, 0.25) is 0 Å². The second kappa shape index (κ2) is 12.7. The number of hydrogen-bond donors (Lipinski definition) is 0. The number of aromatic nitrogens is 4. The fourth-order valence-electron chi connectivity index (χ4n) is 9.05. The number of benzene rings is 7. The summed E-state index contributed by atoms with van der Waals surface area (Å²) < 4.78 is 5.98. The number of aryl methyl sites for hydroxylation is 1. The second-order valence-electron chi connectivity index (χ2n) is 14.8. The Hall–Kier alpha value is -7.08. The summed E-state index contributed by atoms with van der Waals surface area (Å²) in [5.74, 6) is 0.746. The van der Waals surface area contributed by atoms with E-state index >= 15 is 0 Å². The molecule has 4 nitrogen and oxygen atoms in total. The molecule has 5 heteroatoms. The van der Waals surface area contributed by atoms with Crippen molar-refractivity contribution >= 4 is 71.2 Å². The molecule has 1 aliphatic carbocycles. The highest BCUT2D eigenvalue weighted by Gasteiger charge is 2.22. The maximum Gasteiger partial charge on any atom is 0.160 e. The number of nitrogens with zero attached hydrogens (tertiary/aromatic N) is 4. The molecule has 11 aromatic rings. The van der Waals surface area contributed by atoms with Gasteiger partial charge in [-0.1, -0.05) is 127 Å². The highest BCUT2D eigenvalue weighted by Crippen LogP contribution is 2.43. The third kappa shape index (κ3) is 4.99. The third-order valence-corrected chi connectivity index (χ3v) is 12.8. The number of para-hydroxylation sites is 3. The molecule has 268 valence electrons. The summed E-state index contributed by atoms with van der Waals surface area (Å²) in [5.41, 5.74) is 14.7. The first-order valence-electron chi connectivity index (χ1n) is 19.6. The molecule has 7 aromatic carbocycles. The minimum atomic E-state index is 0.746. The van der Waals surface area contributed by atoms with E-state index in [1.807, 2.05) is 11.3 Å². The molecule has 0 atom stereocenters. The van der Waals surface area contributed by atoms with E-state index in [1.165, 1.54) is 59.6 Å². The number of fused-ring (bicyclic) bond motifs is 9. The van der Waals surface area contributed by atoms with Crippen molar-refractivity contribution in [1.82, 2.24) is 19.1 Å². The minimum Gasteiger partial charge on any atom is -0.309 e. The van der Waals surface area contributed by atoms with Crippen molar-refractivity contribution in [3.05, 3.63) is 186 Å². The number of rotatable bonds is 5. The minimum absolute atomic E-state index is 0.746. The molecule has 0 saturated heterocycles. The van der Waals surface area contributed by atoms with Gasteiger partial charge in [-0.05, 0) is 78.6 Å². The van der Waals surface area contributed by atoms with Gasteiger partial charge in [0.15, 0.2) is 5.82 Å². The molecule has 0 aliphatic heterocycles. The van der Waals surface area contributed by atoms with Crippen LogP contribution < -0.4 is 0 Å². The van der Waals surface area contributed by atoms with Gasteiger partial charge in [0.2, 0.25) is 0 Å². The molecule has 1 aliphatic rings. The summed E-state index contributed by atoms with van der Waals surface area (Å²) in [6, 6.07) is 61.2. The number of thiophene rings is 1. The van der Waals surface area contributed by atoms with Gasteiger partial charge < -0.3 is 9.13 Å². The van der Waals surface area contributed by atoms with Crippen LogP contribution in [0, 0.1) is 0 Å². The van der Waals surface area contributed by atoms with E-state index in [-0.39, 0.29) is 0 Å². The van der Waals surface area contributed by atoms with Gasteiger partial charge >= 0.3 is 0 Å². The Bertz CT molecular complexity index is 3350. The summed E-state index contributed by atoms with van der Waals surface area (Å²) in [6.07, 6.45) is 6.65. The summed E-state index contributed by atoms with van der Waals surface area (Å²) in [7, 11) is 0. The fraction of sp³-hybridized carbons (Fsp3) is 0.0385. The van der Waals surface area contributed by atoms with Crippen LogP contribution in [0.5, 0.6) is 0 Å². The zero-order chi connectivity index (χ0) is 37.5. The van der Waals surface area contributed by atoms with E-state index in [9.17, 15) is 0 Å². The molecule has 0 spiro atoms. The van der Waals surface area contributed by atoms with Gasteiger partial charge in [-0.3, -0.25) is 0 Å². The monoisotopic (exact) mass is 746 g/mol. The molecule has 0 radical (unpaired) electrons. The molecule has 0 saturated carbocycles. The molecule has 0 unspecified atom stereocenters. The first-order chi connectivity index (χ1) is 28.3. The highest BCUT2D eigenvalue weighted by atomic mass is 32.1. The van der Waals surface area contributed by atoms with Crippen molar-refractivity contribution in [3.8, 4) is 45.1 Å². The van der Waals surface area contributed by atoms with Crippen molar-refractivity contribution in [2.24, 2.45) is 0 Å². The lowest BCUT2D eigenvalue weighted by molar-refractivity contribution is 1.01. The fourth-order valence-corrected chi connectivity index (χ4v) is 10.3. The van der Waals surface area contributed by atoms with Crippen LogP contribution in [-0.2, 0) is 6.42 Å². The van der Waals surface area contributed by atoms with E-state index in [1.54, 1.807) is 0 Å². The van der Waals surface area contributed by atoms with Crippen molar-refractivity contribution in [3.63, 3.8) is 0 Å². The Balaban J connectivity index is 1.10. The van der Waals surface area contributed by atoms with Crippen LogP contribution in [0.15, 0.2) is 176 Å². The van der Waals surface area contributed by atoms with Gasteiger partial charge in [-0.15, -0.1) is 11.3 Å². The van der Waals surface area contributed by atoms with Gasteiger partial charge in [0.05, 0.1) is 38.0 Å². The lowest BCUT2D eigenvalue weighted by Crippen LogP contribution is -1.95. The second-order valence-corrected chi connectivity index (χ2v) is 15.9. The Morgan fingerprint density at radius 1 is 0.491 bits per heavy atom. The maximum absolute atomic E-state index is 5.33. The average molecular weight is 747 g/mol. The molecule has 12 rings (SSSR count). The Morgan fingerprint density at radius 2 is 1.14 bits per heavy atom. The van der Waals surface area contributed by atoms with E-state index in [0.29, 0.717) is 0 Å². The first kappa shape index (κ1) is 32.2. The SMILES string of the molecule is C1=Cc2c(sc3c(-c4ccccc4)nc(-c4cccc(-c5cccc6c5c5cc(-n7c8ccccc8c8ccccc87)ccc5n6-c5ccccc5)c4)nc23)CC1. The zero-order valence-corrected chi connectivity index (χ0v) is 31.7. The van der Waals surface area contributed by atoms with Crippen LogP contribution in [-0.4, -0.2) is 19.1 Å². The normalized spacial score (nSPS) is 12.7. The van der Waals surface area contributed by atoms with Gasteiger partial charge in [0.25, 0.3) is 0 Å². The van der Waals surface area contributed by atoms with Gasteiger partial charge in [0.1, 0.15) is 0 Å². The third-order valence-electron chi connectivity index (χ3n) is 11.6. The summed E-state index contributed by atoms with van der Waals surface area (Å²) >= 11 is 1.85. The summed E-state index contributed by atoms with van der Waals surface area (Å²) in [5, 5.41) is 4.93. The number of hydrogen-bond acceptors (Lipinski definition) is 3. The van der Waals surface area contributed by atoms with Gasteiger partial charge in [-0.2, -0.15) is 0 Å². The zero-order valence-electron chi connectivity index (χ0n) is 30.9. The quantitative estimate of drug-likeness (QED) is 0.176. The lowest BCUT2D eigenvalue weighted by atomic mass is 9.97. The largest absolute Gasteiger partial charge is 0.309 e. The Morgan fingerprint density at radius 3 is 1.95 bits per heavy atom. The number of allylic oxidation sites excluding steroid dienone is 1. The van der Waals surface area contributed by atoms with Crippen LogP contribution in [0.3, 0.4) is 0 Å². The lowest BCUT2D eigenvalue weighted by Gasteiger charge is -2.11. The van der Waals surface area contributed by atoms with Crippen molar-refractivity contribution < 1.29 is 0 Å². The van der Waals surface area contributed by atoms with Crippen LogP contribution >= 0.6 is 11.3 Å². The smallest absolute Gasteiger partial charge is 0.160 e. The van der Waals surface area contributed by atoms with Crippen LogP contribution in [0.1, 0.15) is 16.9 Å². The van der Waals surface area contributed by atoms with Crippen molar-refractivity contribution in [1.29, 1.82) is 0 Å². The van der Waals surface area contributed by atoms with E-state index in [4.69, 9.17) is 9.97 Å². The van der Waals surface area contributed by atoms with Crippen molar-refractivity contribution in [2.75, 3.05) is 0 Å². The van der Waals surface area contributed by atoms with Crippen LogP contribution in [0.4, 0.5) is 0 Å². The summed E-state index contributed by atoms with van der Waals surface area (Å²) in [4.78, 5) is 12.1. The predicted molar refractivity (Wildman–Crippen MR) is 240 cm³/mol. The van der Waals surface area contributed by atoms with Crippen LogP contribution in [0.25, 0.3) is 105 Å². The molecule has 4 heterocycles.